The van der Waals surface area contributed by atoms with Crippen molar-refractivity contribution in [1.29, 1.82) is 0 Å². The van der Waals surface area contributed by atoms with Crippen molar-refractivity contribution in [2.75, 3.05) is 6.61 Å². The van der Waals surface area contributed by atoms with Crippen molar-refractivity contribution >= 4 is 17.5 Å². The number of carbonyl (C=O) groups excluding carboxylic acids is 1. The average molecular weight is 362 g/mol. The SMILES string of the molecule is CCOC(=O)/C(N=Nc1cc(-c2ccccc2)[nH]n1)=C(\O)c1ccccc1. The van der Waals surface area contributed by atoms with Gasteiger partial charge in [0, 0.05) is 11.6 Å². The second kappa shape index (κ2) is 8.57. The zero-order valence-electron chi connectivity index (χ0n) is 14.7. The lowest BCUT2D eigenvalue weighted by molar-refractivity contribution is -0.138. The number of aliphatic hydroxyl groups excluding tert-OH is 1. The van der Waals surface area contributed by atoms with Gasteiger partial charge in [-0.05, 0) is 12.5 Å². The van der Waals surface area contributed by atoms with Crippen LogP contribution in [0.25, 0.3) is 17.0 Å². The van der Waals surface area contributed by atoms with Gasteiger partial charge in [-0.15, -0.1) is 10.2 Å². The maximum atomic E-state index is 12.2. The third-order valence-corrected chi connectivity index (χ3v) is 3.64. The lowest BCUT2D eigenvalue weighted by Gasteiger charge is -2.05. The van der Waals surface area contributed by atoms with Crippen molar-refractivity contribution in [2.45, 2.75) is 6.92 Å². The van der Waals surface area contributed by atoms with E-state index < -0.39 is 5.97 Å². The van der Waals surface area contributed by atoms with Crippen LogP contribution in [-0.2, 0) is 9.53 Å². The minimum absolute atomic E-state index is 0.153. The van der Waals surface area contributed by atoms with Gasteiger partial charge in [0.25, 0.3) is 0 Å². The van der Waals surface area contributed by atoms with Crippen LogP contribution in [0.2, 0.25) is 0 Å². The van der Waals surface area contributed by atoms with E-state index in [1.807, 2.05) is 30.3 Å². The predicted octanol–water partition coefficient (Wildman–Crippen LogP) is 4.65. The molecule has 3 rings (SSSR count). The number of azo groups is 1. The van der Waals surface area contributed by atoms with Gasteiger partial charge < -0.3 is 9.84 Å². The Balaban J connectivity index is 1.91. The largest absolute Gasteiger partial charge is 0.505 e. The molecule has 0 aliphatic carbocycles. The van der Waals surface area contributed by atoms with E-state index in [4.69, 9.17) is 4.74 Å². The number of nitrogens with zero attached hydrogens (tertiary/aromatic N) is 3. The first-order chi connectivity index (χ1) is 13.2. The van der Waals surface area contributed by atoms with E-state index in [2.05, 4.69) is 20.4 Å². The minimum Gasteiger partial charge on any atom is -0.505 e. The predicted molar refractivity (Wildman–Crippen MR) is 101 cm³/mol. The van der Waals surface area contributed by atoms with E-state index in [0.717, 1.165) is 11.3 Å². The van der Waals surface area contributed by atoms with Gasteiger partial charge in [-0.2, -0.15) is 5.10 Å². The summed E-state index contributed by atoms with van der Waals surface area (Å²) in [6.07, 6.45) is 0. The number of carbonyl (C=O) groups is 1. The smallest absolute Gasteiger partial charge is 0.362 e. The maximum absolute atomic E-state index is 12.2. The molecule has 0 saturated carbocycles. The normalized spacial score (nSPS) is 12.0. The van der Waals surface area contributed by atoms with Crippen molar-refractivity contribution in [3.05, 3.63) is 78.0 Å². The number of aromatic amines is 1. The minimum atomic E-state index is -0.763. The number of nitrogens with one attached hydrogen (secondary N) is 1. The Labute approximate surface area is 156 Å². The number of aliphatic hydroxyl groups is 1. The molecular formula is C20H18N4O3. The number of esters is 1. The molecule has 2 N–H and O–H groups in total. The molecule has 0 aliphatic rings. The van der Waals surface area contributed by atoms with Gasteiger partial charge in [0.15, 0.2) is 11.6 Å². The quantitative estimate of drug-likeness (QED) is 0.288. The second-order valence-corrected chi connectivity index (χ2v) is 5.49. The summed E-state index contributed by atoms with van der Waals surface area (Å²) >= 11 is 0. The summed E-state index contributed by atoms with van der Waals surface area (Å²) in [4.78, 5) is 12.2. The molecule has 1 heterocycles. The molecule has 7 heteroatoms. The van der Waals surface area contributed by atoms with Crippen LogP contribution in [0.4, 0.5) is 5.82 Å². The van der Waals surface area contributed by atoms with Gasteiger partial charge in [-0.25, -0.2) is 4.79 Å². The molecule has 27 heavy (non-hydrogen) atoms. The summed E-state index contributed by atoms with van der Waals surface area (Å²) in [6.45, 7) is 1.83. The number of H-pyrrole nitrogens is 1. The second-order valence-electron chi connectivity index (χ2n) is 5.49. The van der Waals surface area contributed by atoms with Crippen molar-refractivity contribution < 1.29 is 14.6 Å². The van der Waals surface area contributed by atoms with Crippen molar-refractivity contribution in [2.24, 2.45) is 10.2 Å². The maximum Gasteiger partial charge on any atom is 0.362 e. The molecule has 1 aromatic heterocycles. The summed E-state index contributed by atoms with van der Waals surface area (Å²) in [5.74, 6) is -0.797. The zero-order chi connectivity index (χ0) is 19.1. The fourth-order valence-corrected chi connectivity index (χ4v) is 2.35. The number of aromatic nitrogens is 2. The first-order valence-corrected chi connectivity index (χ1v) is 8.37. The van der Waals surface area contributed by atoms with Crippen molar-refractivity contribution in [1.82, 2.24) is 10.2 Å². The standard InChI is InChI=1S/C20H18N4O3/c1-2-27-20(26)18(19(25)15-11-7-4-8-12-15)24-23-17-13-16(21-22-17)14-9-5-3-6-10-14/h3-13,25H,2H2,1H3,(H,21,22)/b19-18+,24-23?. The van der Waals surface area contributed by atoms with E-state index >= 15 is 0 Å². The Hall–Kier alpha value is -3.74. The molecule has 0 radical (unpaired) electrons. The topological polar surface area (TPSA) is 99.9 Å². The van der Waals surface area contributed by atoms with Crippen LogP contribution >= 0.6 is 0 Å². The Morgan fingerprint density at radius 3 is 2.44 bits per heavy atom. The zero-order valence-corrected chi connectivity index (χ0v) is 14.7. The molecule has 0 bridgehead atoms. The Morgan fingerprint density at radius 2 is 1.78 bits per heavy atom. The first kappa shape index (κ1) is 18.1. The van der Waals surface area contributed by atoms with Crippen LogP contribution in [0.15, 0.2) is 82.7 Å². The average Bonchev–Trinajstić information content (AvgIpc) is 3.18. The Bertz CT molecular complexity index is 963. The van der Waals surface area contributed by atoms with E-state index in [-0.39, 0.29) is 23.9 Å². The summed E-state index contributed by atoms with van der Waals surface area (Å²) < 4.78 is 4.97. The van der Waals surface area contributed by atoms with Crippen LogP contribution in [0.3, 0.4) is 0 Å². The molecular weight excluding hydrogens is 344 g/mol. The van der Waals surface area contributed by atoms with E-state index in [1.165, 1.54) is 0 Å². The van der Waals surface area contributed by atoms with E-state index in [1.54, 1.807) is 43.3 Å². The highest BCUT2D eigenvalue weighted by atomic mass is 16.5. The molecule has 0 aliphatic heterocycles. The number of hydrogen-bond donors (Lipinski definition) is 2. The molecule has 136 valence electrons. The van der Waals surface area contributed by atoms with Crippen LogP contribution in [-0.4, -0.2) is 27.9 Å². The van der Waals surface area contributed by atoms with Gasteiger partial charge in [-0.3, -0.25) is 5.10 Å². The van der Waals surface area contributed by atoms with Gasteiger partial charge in [0.1, 0.15) is 0 Å². The highest BCUT2D eigenvalue weighted by Gasteiger charge is 2.18. The molecule has 0 atom stereocenters. The summed E-state index contributed by atoms with van der Waals surface area (Å²) in [6, 6.07) is 19.9. The first-order valence-electron chi connectivity index (χ1n) is 8.37. The lowest BCUT2D eigenvalue weighted by atomic mass is 10.1. The third-order valence-electron chi connectivity index (χ3n) is 3.64. The van der Waals surface area contributed by atoms with Crippen molar-refractivity contribution in [3.8, 4) is 11.3 Å². The van der Waals surface area contributed by atoms with Crippen LogP contribution in [0.5, 0.6) is 0 Å². The molecule has 0 amide bonds. The van der Waals surface area contributed by atoms with Crippen molar-refractivity contribution in [3.63, 3.8) is 0 Å². The number of benzene rings is 2. The molecule has 2 aromatic carbocycles. The fraction of sp³-hybridized carbons (Fsp3) is 0.100. The van der Waals surface area contributed by atoms with Gasteiger partial charge >= 0.3 is 5.97 Å². The summed E-state index contributed by atoms with van der Waals surface area (Å²) in [5, 5.41) is 25.2. The van der Waals surface area contributed by atoms with Crippen LogP contribution < -0.4 is 0 Å². The molecule has 7 nitrogen and oxygen atoms in total. The molecule has 3 aromatic rings. The number of ether oxygens (including phenoxy) is 1. The molecule has 0 spiro atoms. The van der Waals surface area contributed by atoms with E-state index in [0.29, 0.717) is 5.56 Å². The summed E-state index contributed by atoms with van der Waals surface area (Å²) in [7, 11) is 0. The van der Waals surface area contributed by atoms with Gasteiger partial charge in [0.05, 0.1) is 12.3 Å². The van der Waals surface area contributed by atoms with Crippen LogP contribution in [0, 0.1) is 0 Å². The monoisotopic (exact) mass is 362 g/mol. The summed E-state index contributed by atoms with van der Waals surface area (Å²) in [5.41, 5.74) is 1.86. The highest BCUT2D eigenvalue weighted by molar-refractivity contribution is 5.95. The highest BCUT2D eigenvalue weighted by Crippen LogP contribution is 2.23. The Kier molecular flexibility index (Phi) is 5.73. The Morgan fingerprint density at radius 1 is 1.11 bits per heavy atom. The molecule has 0 saturated heterocycles. The van der Waals surface area contributed by atoms with Gasteiger partial charge in [-0.1, -0.05) is 60.7 Å². The lowest BCUT2D eigenvalue weighted by Crippen LogP contribution is -2.08. The third kappa shape index (κ3) is 4.46. The molecule has 0 fully saturated rings. The van der Waals surface area contributed by atoms with Gasteiger partial charge in [0.2, 0.25) is 5.70 Å². The fourth-order valence-electron chi connectivity index (χ4n) is 2.35. The van der Waals surface area contributed by atoms with Crippen LogP contribution in [0.1, 0.15) is 12.5 Å². The number of rotatable bonds is 6. The van der Waals surface area contributed by atoms with E-state index in [9.17, 15) is 9.90 Å². The number of hydrogen-bond acceptors (Lipinski definition) is 6. The molecule has 0 unspecified atom stereocenters.